The van der Waals surface area contributed by atoms with Gasteiger partial charge in [0.2, 0.25) is 0 Å². The minimum absolute atomic E-state index is 0.0412. The third kappa shape index (κ3) is 2.13. The molecule has 4 heteroatoms. The van der Waals surface area contributed by atoms with Crippen molar-refractivity contribution in [1.82, 2.24) is 5.32 Å². The van der Waals surface area contributed by atoms with Crippen LogP contribution >= 0.6 is 11.6 Å². The van der Waals surface area contributed by atoms with E-state index in [1.165, 1.54) is 5.56 Å². The molecule has 0 amide bonds. The zero-order valence-electron chi connectivity index (χ0n) is 11.0. The molecule has 0 bridgehead atoms. The van der Waals surface area contributed by atoms with Crippen LogP contribution in [0.3, 0.4) is 0 Å². The molecular formula is C15H16ClNO2. The number of benzene rings is 1. The lowest BCUT2D eigenvalue weighted by Gasteiger charge is -2.18. The number of halogens is 1. The predicted octanol–water partition coefficient (Wildman–Crippen LogP) is 3.49. The predicted molar refractivity (Wildman–Crippen MR) is 75.0 cm³/mol. The first-order valence-corrected chi connectivity index (χ1v) is 6.75. The number of hydrogen-bond acceptors (Lipinski definition) is 3. The Morgan fingerprint density at radius 1 is 1.37 bits per heavy atom. The van der Waals surface area contributed by atoms with Crippen molar-refractivity contribution in [3.63, 3.8) is 0 Å². The number of hydrogen-bond donors (Lipinski definition) is 1. The summed E-state index contributed by atoms with van der Waals surface area (Å²) in [7, 11) is 1.91. The van der Waals surface area contributed by atoms with Gasteiger partial charge in [-0.15, -0.1) is 0 Å². The fraction of sp³-hybridized carbons (Fsp3) is 0.333. The lowest BCUT2D eigenvalue weighted by molar-refractivity contribution is 0.348. The Morgan fingerprint density at radius 2 is 2.21 bits per heavy atom. The number of nitrogens with one attached hydrogen (secondary N) is 1. The van der Waals surface area contributed by atoms with Gasteiger partial charge >= 0.3 is 0 Å². The van der Waals surface area contributed by atoms with Crippen LogP contribution in [0.4, 0.5) is 0 Å². The van der Waals surface area contributed by atoms with Crippen molar-refractivity contribution in [2.75, 3.05) is 13.7 Å². The summed E-state index contributed by atoms with van der Waals surface area (Å²) in [6, 6.07) is 5.86. The van der Waals surface area contributed by atoms with E-state index in [-0.39, 0.29) is 6.04 Å². The summed E-state index contributed by atoms with van der Waals surface area (Å²) in [4.78, 5) is 0. The van der Waals surface area contributed by atoms with E-state index < -0.39 is 0 Å². The molecule has 0 spiro atoms. The van der Waals surface area contributed by atoms with E-state index in [0.717, 1.165) is 40.7 Å². The highest BCUT2D eigenvalue weighted by Crippen LogP contribution is 2.39. The maximum Gasteiger partial charge on any atom is 0.128 e. The smallest absolute Gasteiger partial charge is 0.128 e. The van der Waals surface area contributed by atoms with Gasteiger partial charge in [-0.05, 0) is 43.3 Å². The third-order valence-electron chi connectivity index (χ3n) is 3.54. The van der Waals surface area contributed by atoms with Gasteiger partial charge in [-0.25, -0.2) is 0 Å². The summed E-state index contributed by atoms with van der Waals surface area (Å²) in [5.74, 6) is 1.85. The molecule has 2 heterocycles. The molecule has 1 aliphatic rings. The van der Waals surface area contributed by atoms with Gasteiger partial charge < -0.3 is 14.5 Å². The molecule has 1 N–H and O–H groups in total. The van der Waals surface area contributed by atoms with Crippen LogP contribution in [0.2, 0.25) is 5.02 Å². The van der Waals surface area contributed by atoms with Crippen LogP contribution in [0.25, 0.3) is 0 Å². The summed E-state index contributed by atoms with van der Waals surface area (Å²) < 4.78 is 11.4. The van der Waals surface area contributed by atoms with Gasteiger partial charge in [-0.3, -0.25) is 0 Å². The van der Waals surface area contributed by atoms with E-state index in [4.69, 9.17) is 20.8 Å². The highest BCUT2D eigenvalue weighted by Gasteiger charge is 2.26. The standard InChI is InChI=1S/C15H16ClNO2/c1-9-3-5-18-14(9)13(17-2)12-8-11(16)7-10-4-6-19-15(10)12/h3,5,7-8,13,17H,4,6H2,1-2H3. The Balaban J connectivity index is 2.12. The second kappa shape index (κ2) is 4.91. The normalized spacial score (nSPS) is 15.1. The number of fused-ring (bicyclic) bond motifs is 1. The Hall–Kier alpha value is -1.45. The first-order valence-electron chi connectivity index (χ1n) is 6.37. The monoisotopic (exact) mass is 277 g/mol. The second-order valence-corrected chi connectivity index (χ2v) is 5.21. The van der Waals surface area contributed by atoms with Gasteiger partial charge in [0.05, 0.1) is 18.9 Å². The molecular weight excluding hydrogens is 262 g/mol. The van der Waals surface area contributed by atoms with Gasteiger partial charge in [-0.2, -0.15) is 0 Å². The fourth-order valence-electron chi connectivity index (χ4n) is 2.62. The lowest BCUT2D eigenvalue weighted by Crippen LogP contribution is -2.18. The van der Waals surface area contributed by atoms with Crippen molar-refractivity contribution in [1.29, 1.82) is 0 Å². The molecule has 19 heavy (non-hydrogen) atoms. The van der Waals surface area contributed by atoms with Gasteiger partial charge in [0.15, 0.2) is 0 Å². The Bertz CT molecular complexity index is 606. The minimum Gasteiger partial charge on any atom is -0.493 e. The zero-order valence-corrected chi connectivity index (χ0v) is 11.8. The van der Waals surface area contributed by atoms with Crippen LogP contribution in [0.15, 0.2) is 28.9 Å². The summed E-state index contributed by atoms with van der Waals surface area (Å²) in [5.41, 5.74) is 3.33. The Labute approximate surface area is 117 Å². The molecule has 0 fully saturated rings. The van der Waals surface area contributed by atoms with Gasteiger partial charge in [0, 0.05) is 17.0 Å². The minimum atomic E-state index is -0.0412. The van der Waals surface area contributed by atoms with Crippen molar-refractivity contribution >= 4 is 11.6 Å². The largest absolute Gasteiger partial charge is 0.493 e. The average molecular weight is 278 g/mol. The van der Waals surface area contributed by atoms with Crippen molar-refractivity contribution in [3.05, 3.63) is 51.9 Å². The van der Waals surface area contributed by atoms with E-state index in [1.807, 2.05) is 32.2 Å². The zero-order chi connectivity index (χ0) is 13.4. The molecule has 0 saturated heterocycles. The molecule has 1 atom stereocenters. The maximum absolute atomic E-state index is 6.22. The summed E-state index contributed by atoms with van der Waals surface area (Å²) >= 11 is 6.22. The Morgan fingerprint density at radius 3 is 2.89 bits per heavy atom. The van der Waals surface area contributed by atoms with Crippen molar-refractivity contribution in [2.24, 2.45) is 0 Å². The number of aryl methyl sites for hydroxylation is 1. The number of rotatable bonds is 3. The summed E-state index contributed by atoms with van der Waals surface area (Å²) in [5, 5.41) is 4.03. The van der Waals surface area contributed by atoms with Gasteiger partial charge in [0.25, 0.3) is 0 Å². The number of furan rings is 1. The highest BCUT2D eigenvalue weighted by molar-refractivity contribution is 6.30. The maximum atomic E-state index is 6.22. The van der Waals surface area contributed by atoms with Crippen LogP contribution < -0.4 is 10.1 Å². The van der Waals surface area contributed by atoms with Gasteiger partial charge in [0.1, 0.15) is 11.5 Å². The van der Waals surface area contributed by atoms with E-state index in [1.54, 1.807) is 6.26 Å². The summed E-state index contributed by atoms with van der Waals surface area (Å²) in [6.45, 7) is 2.76. The third-order valence-corrected chi connectivity index (χ3v) is 3.76. The quantitative estimate of drug-likeness (QED) is 0.933. The van der Waals surface area contributed by atoms with E-state index in [9.17, 15) is 0 Å². The molecule has 1 aromatic carbocycles. The number of ether oxygens (including phenoxy) is 1. The molecule has 2 aromatic rings. The van der Waals surface area contributed by atoms with E-state index >= 15 is 0 Å². The van der Waals surface area contributed by atoms with E-state index in [0.29, 0.717) is 0 Å². The molecule has 1 unspecified atom stereocenters. The van der Waals surface area contributed by atoms with Crippen molar-refractivity contribution in [2.45, 2.75) is 19.4 Å². The van der Waals surface area contributed by atoms with Crippen LogP contribution in [0.1, 0.15) is 28.5 Å². The molecule has 3 nitrogen and oxygen atoms in total. The lowest BCUT2D eigenvalue weighted by atomic mass is 9.98. The van der Waals surface area contributed by atoms with E-state index in [2.05, 4.69) is 5.32 Å². The highest BCUT2D eigenvalue weighted by atomic mass is 35.5. The van der Waals surface area contributed by atoms with Gasteiger partial charge in [-0.1, -0.05) is 11.6 Å². The molecule has 1 aromatic heterocycles. The molecule has 3 rings (SSSR count). The fourth-order valence-corrected chi connectivity index (χ4v) is 2.87. The second-order valence-electron chi connectivity index (χ2n) is 4.77. The molecule has 0 radical (unpaired) electrons. The van der Waals surface area contributed by atoms with Crippen LogP contribution in [0.5, 0.6) is 5.75 Å². The molecule has 1 aliphatic heterocycles. The topological polar surface area (TPSA) is 34.4 Å². The van der Waals surface area contributed by atoms with Crippen LogP contribution in [-0.4, -0.2) is 13.7 Å². The van der Waals surface area contributed by atoms with Crippen molar-refractivity contribution in [3.8, 4) is 5.75 Å². The van der Waals surface area contributed by atoms with Crippen molar-refractivity contribution < 1.29 is 9.15 Å². The summed E-state index contributed by atoms with van der Waals surface area (Å²) in [6.07, 6.45) is 2.62. The molecule has 0 aliphatic carbocycles. The van der Waals surface area contributed by atoms with Crippen LogP contribution in [-0.2, 0) is 6.42 Å². The first kappa shape index (κ1) is 12.6. The average Bonchev–Trinajstić information content (AvgIpc) is 2.99. The molecule has 100 valence electrons. The Kier molecular flexibility index (Phi) is 3.25. The first-order chi connectivity index (χ1) is 9.20. The SMILES string of the molecule is CNC(c1cc(Cl)cc2c1OCC2)c1occc1C. The molecule has 0 saturated carbocycles. The van der Waals surface area contributed by atoms with Crippen LogP contribution in [0, 0.1) is 6.92 Å².